The molecule has 1 aromatic rings. The Bertz CT molecular complexity index is 847. The predicted octanol–water partition coefficient (Wildman–Crippen LogP) is 0.543. The molecule has 9 heteroatoms. The summed E-state index contributed by atoms with van der Waals surface area (Å²) in [6, 6.07) is -0.214. The fraction of sp³-hybridized carbons (Fsp3) is 0.667. The van der Waals surface area contributed by atoms with E-state index < -0.39 is 15.1 Å². The molecule has 0 spiro atoms. The van der Waals surface area contributed by atoms with Crippen LogP contribution in [0.15, 0.2) is 9.95 Å². The lowest BCUT2D eigenvalue weighted by Gasteiger charge is -2.20. The molecule has 3 rings (SSSR count). The quantitative estimate of drug-likeness (QED) is 0.721. The lowest BCUT2D eigenvalue weighted by atomic mass is 10.2. The fourth-order valence-corrected chi connectivity index (χ4v) is 5.32. The summed E-state index contributed by atoms with van der Waals surface area (Å²) in [6.45, 7) is 4.27. The minimum atomic E-state index is -3.13. The number of fused-ring (bicyclic) bond motifs is 1. The van der Waals surface area contributed by atoms with Gasteiger partial charge >= 0.3 is 0 Å². The summed E-state index contributed by atoms with van der Waals surface area (Å²) in [5.74, 6) is 0.546. The number of thioether (sulfide) groups is 1. The van der Waals surface area contributed by atoms with Crippen LogP contribution < -0.4 is 5.56 Å². The van der Waals surface area contributed by atoms with E-state index in [1.54, 1.807) is 16.4 Å². The summed E-state index contributed by atoms with van der Waals surface area (Å²) in [4.78, 5) is 31.1. The summed E-state index contributed by atoms with van der Waals surface area (Å²) in [5, 5.41) is 0.192. The van der Waals surface area contributed by atoms with Gasteiger partial charge in [0.15, 0.2) is 15.0 Å². The maximum absolute atomic E-state index is 12.5. The molecule has 132 valence electrons. The third kappa shape index (κ3) is 3.11. The SMILES string of the molecule is Cc1nc2n(c(=O)c1C)C(CC(=O)N1CCC(S(C)(=O)=O)C1)CS2. The monoisotopic (exact) mass is 371 g/mol. The normalized spacial score (nSPS) is 23.5. The van der Waals surface area contributed by atoms with Crippen molar-refractivity contribution in [1.82, 2.24) is 14.5 Å². The van der Waals surface area contributed by atoms with Gasteiger partial charge in [0, 0.05) is 42.8 Å². The van der Waals surface area contributed by atoms with Crippen molar-refractivity contribution < 1.29 is 13.2 Å². The lowest BCUT2D eigenvalue weighted by Crippen LogP contribution is -2.35. The third-order valence-electron chi connectivity index (χ3n) is 4.84. The molecule has 2 atom stereocenters. The minimum Gasteiger partial charge on any atom is -0.341 e. The molecule has 0 aromatic carbocycles. The summed E-state index contributed by atoms with van der Waals surface area (Å²) in [5.41, 5.74) is 1.24. The molecular formula is C15H21N3O4S2. The topological polar surface area (TPSA) is 89.3 Å². The molecule has 0 bridgehead atoms. The summed E-state index contributed by atoms with van der Waals surface area (Å²) in [6.07, 6.45) is 1.91. The third-order valence-corrected chi connectivity index (χ3v) is 7.53. The Morgan fingerprint density at radius 2 is 2.08 bits per heavy atom. The Kier molecular flexibility index (Phi) is 4.50. The number of rotatable bonds is 3. The summed E-state index contributed by atoms with van der Waals surface area (Å²) in [7, 11) is -3.13. The van der Waals surface area contributed by atoms with E-state index in [4.69, 9.17) is 0 Å². The van der Waals surface area contributed by atoms with Gasteiger partial charge in [-0.2, -0.15) is 0 Å². The number of aryl methyl sites for hydroxylation is 1. The molecule has 2 aliphatic rings. The van der Waals surface area contributed by atoms with E-state index in [0.717, 1.165) is 5.69 Å². The van der Waals surface area contributed by atoms with Crippen LogP contribution in [0.4, 0.5) is 0 Å². The molecule has 3 heterocycles. The van der Waals surface area contributed by atoms with E-state index >= 15 is 0 Å². The highest BCUT2D eigenvalue weighted by Gasteiger charge is 2.35. The van der Waals surface area contributed by atoms with Crippen molar-refractivity contribution >= 4 is 27.5 Å². The molecule has 2 unspecified atom stereocenters. The number of sulfone groups is 1. The van der Waals surface area contributed by atoms with Crippen LogP contribution in [0.25, 0.3) is 0 Å². The number of hydrogen-bond donors (Lipinski definition) is 0. The molecule has 1 fully saturated rings. The molecule has 0 saturated carbocycles. The molecule has 7 nitrogen and oxygen atoms in total. The van der Waals surface area contributed by atoms with Gasteiger partial charge in [0.1, 0.15) is 0 Å². The zero-order valence-corrected chi connectivity index (χ0v) is 15.6. The van der Waals surface area contributed by atoms with Gasteiger partial charge in [-0.05, 0) is 20.3 Å². The van der Waals surface area contributed by atoms with Gasteiger partial charge in [0.05, 0.1) is 11.3 Å². The number of carbonyl (C=O) groups excluding carboxylic acids is 1. The van der Waals surface area contributed by atoms with Crippen LogP contribution in [0, 0.1) is 13.8 Å². The number of amides is 1. The highest BCUT2D eigenvalue weighted by atomic mass is 32.2. The second kappa shape index (κ2) is 6.18. The Balaban J connectivity index is 1.75. The Morgan fingerprint density at radius 3 is 2.71 bits per heavy atom. The van der Waals surface area contributed by atoms with Crippen molar-refractivity contribution in [2.75, 3.05) is 25.1 Å². The van der Waals surface area contributed by atoms with E-state index in [0.29, 0.717) is 29.4 Å². The van der Waals surface area contributed by atoms with Gasteiger partial charge in [-0.3, -0.25) is 14.2 Å². The first kappa shape index (κ1) is 17.5. The fourth-order valence-electron chi connectivity index (χ4n) is 3.16. The van der Waals surface area contributed by atoms with Gasteiger partial charge in [0.25, 0.3) is 5.56 Å². The zero-order valence-electron chi connectivity index (χ0n) is 14.0. The second-order valence-electron chi connectivity index (χ2n) is 6.53. The number of nitrogens with zero attached hydrogens (tertiary/aromatic N) is 3. The van der Waals surface area contributed by atoms with Crippen molar-refractivity contribution in [1.29, 1.82) is 0 Å². The molecular weight excluding hydrogens is 350 g/mol. The first-order valence-corrected chi connectivity index (χ1v) is 10.8. The molecule has 24 heavy (non-hydrogen) atoms. The van der Waals surface area contributed by atoms with Crippen LogP contribution in [0.3, 0.4) is 0 Å². The smallest absolute Gasteiger partial charge is 0.257 e. The van der Waals surface area contributed by atoms with Crippen LogP contribution in [0.5, 0.6) is 0 Å². The Hall–Kier alpha value is -1.35. The Labute approximate surface area is 145 Å². The van der Waals surface area contributed by atoms with Crippen LogP contribution in [0.1, 0.15) is 30.1 Å². The number of carbonyl (C=O) groups is 1. The first-order valence-electron chi connectivity index (χ1n) is 7.87. The summed E-state index contributed by atoms with van der Waals surface area (Å²) >= 11 is 1.49. The van der Waals surface area contributed by atoms with Crippen molar-refractivity contribution in [2.24, 2.45) is 0 Å². The van der Waals surface area contributed by atoms with Crippen LogP contribution in [-0.4, -0.2) is 59.1 Å². The van der Waals surface area contributed by atoms with E-state index in [2.05, 4.69) is 4.98 Å². The average molecular weight is 371 g/mol. The van der Waals surface area contributed by atoms with E-state index in [-0.39, 0.29) is 30.5 Å². The maximum atomic E-state index is 12.5. The molecule has 1 saturated heterocycles. The van der Waals surface area contributed by atoms with Crippen molar-refractivity contribution in [3.05, 3.63) is 21.6 Å². The minimum absolute atomic E-state index is 0.0873. The van der Waals surface area contributed by atoms with Gasteiger partial charge in [-0.1, -0.05) is 11.8 Å². The standard InChI is InChI=1S/C15H21N3O4S2/c1-9-10(2)16-15-18(14(9)20)11(8-23-15)6-13(19)17-5-4-12(7-17)24(3,21)22/h11-12H,4-8H2,1-3H3. The van der Waals surface area contributed by atoms with E-state index in [9.17, 15) is 18.0 Å². The van der Waals surface area contributed by atoms with Gasteiger partial charge in [-0.15, -0.1) is 0 Å². The van der Waals surface area contributed by atoms with Crippen LogP contribution in [0.2, 0.25) is 0 Å². The molecule has 1 aromatic heterocycles. The van der Waals surface area contributed by atoms with Crippen molar-refractivity contribution in [3.63, 3.8) is 0 Å². The van der Waals surface area contributed by atoms with Gasteiger partial charge in [-0.25, -0.2) is 13.4 Å². The average Bonchev–Trinajstić information content (AvgIpc) is 3.12. The first-order chi connectivity index (χ1) is 11.2. The predicted molar refractivity (Wildman–Crippen MR) is 92.2 cm³/mol. The number of aromatic nitrogens is 2. The number of likely N-dealkylation sites (tertiary alicyclic amines) is 1. The lowest BCUT2D eigenvalue weighted by molar-refractivity contribution is -0.130. The second-order valence-corrected chi connectivity index (χ2v) is 9.84. The maximum Gasteiger partial charge on any atom is 0.257 e. The van der Waals surface area contributed by atoms with Gasteiger partial charge in [0.2, 0.25) is 5.91 Å². The molecule has 0 N–H and O–H groups in total. The summed E-state index contributed by atoms with van der Waals surface area (Å²) < 4.78 is 24.9. The Morgan fingerprint density at radius 1 is 1.38 bits per heavy atom. The van der Waals surface area contributed by atoms with E-state index in [1.165, 1.54) is 18.0 Å². The van der Waals surface area contributed by atoms with E-state index in [1.807, 2.05) is 6.92 Å². The highest BCUT2D eigenvalue weighted by molar-refractivity contribution is 7.99. The largest absolute Gasteiger partial charge is 0.341 e. The van der Waals surface area contributed by atoms with Crippen molar-refractivity contribution in [2.45, 2.75) is 43.1 Å². The number of hydrogen-bond acceptors (Lipinski definition) is 6. The molecule has 1 amide bonds. The van der Waals surface area contributed by atoms with Gasteiger partial charge < -0.3 is 4.90 Å². The highest BCUT2D eigenvalue weighted by Crippen LogP contribution is 2.33. The molecule has 0 aliphatic carbocycles. The molecule has 0 radical (unpaired) electrons. The van der Waals surface area contributed by atoms with Crippen molar-refractivity contribution in [3.8, 4) is 0 Å². The molecule has 2 aliphatic heterocycles. The zero-order chi connectivity index (χ0) is 17.6. The van der Waals surface area contributed by atoms with Crippen LogP contribution >= 0.6 is 11.8 Å². The van der Waals surface area contributed by atoms with Crippen LogP contribution in [-0.2, 0) is 14.6 Å².